The number of halogens is 1. The zero-order valence-electron chi connectivity index (χ0n) is 11.3. The number of carbonyl (C=O) groups is 1. The second kappa shape index (κ2) is 6.39. The molecule has 0 aliphatic carbocycles. The van der Waals surface area contributed by atoms with Crippen LogP contribution in [-0.4, -0.2) is 33.4 Å². The zero-order valence-corrected chi connectivity index (χ0v) is 12.1. The van der Waals surface area contributed by atoms with Gasteiger partial charge in [-0.3, -0.25) is 9.69 Å². The number of carbonyl (C=O) groups excluding carboxylic acids is 1. The van der Waals surface area contributed by atoms with Crippen LogP contribution in [0.25, 0.3) is 0 Å². The maximum absolute atomic E-state index is 11.0. The van der Waals surface area contributed by atoms with E-state index in [4.69, 9.17) is 17.3 Å². The molecule has 0 radical (unpaired) electrons. The molecule has 1 atom stereocenters. The van der Waals surface area contributed by atoms with Gasteiger partial charge in [-0.25, -0.2) is 4.98 Å². The van der Waals surface area contributed by atoms with E-state index in [1.165, 1.54) is 0 Å². The van der Waals surface area contributed by atoms with Gasteiger partial charge in [0.1, 0.15) is 11.0 Å². The molecule has 1 amide bonds. The maximum atomic E-state index is 11.0. The fourth-order valence-electron chi connectivity index (χ4n) is 2.64. The molecule has 1 fully saturated rings. The molecule has 2 rings (SSSR count). The number of likely N-dealkylation sites (tertiary alicyclic amines) is 1. The molecule has 0 spiro atoms. The number of imidazole rings is 1. The number of nitrogens with two attached hydrogens (primary N) is 1. The van der Waals surface area contributed by atoms with Crippen LogP contribution >= 0.6 is 11.6 Å². The minimum atomic E-state index is -0.186. The summed E-state index contributed by atoms with van der Waals surface area (Å²) in [6.45, 7) is 2.84. The van der Waals surface area contributed by atoms with E-state index in [0.717, 1.165) is 44.7 Å². The highest BCUT2D eigenvalue weighted by atomic mass is 35.5. The molecule has 0 aromatic carbocycles. The van der Waals surface area contributed by atoms with E-state index in [1.807, 2.05) is 11.6 Å². The van der Waals surface area contributed by atoms with Gasteiger partial charge in [-0.05, 0) is 38.3 Å². The fraction of sp³-hybridized carbons (Fsp3) is 0.692. The van der Waals surface area contributed by atoms with Crippen molar-refractivity contribution in [3.8, 4) is 0 Å². The smallest absolute Gasteiger partial charge is 0.217 e. The molecule has 1 aromatic heterocycles. The van der Waals surface area contributed by atoms with Gasteiger partial charge in [0.15, 0.2) is 0 Å². The molecule has 2 heterocycles. The van der Waals surface area contributed by atoms with E-state index in [0.29, 0.717) is 17.5 Å². The summed E-state index contributed by atoms with van der Waals surface area (Å²) >= 11 is 5.99. The lowest BCUT2D eigenvalue weighted by Crippen LogP contribution is -2.26. The van der Waals surface area contributed by atoms with Crippen LogP contribution in [0.3, 0.4) is 0 Å². The van der Waals surface area contributed by atoms with E-state index in [-0.39, 0.29) is 5.91 Å². The highest BCUT2D eigenvalue weighted by molar-refractivity contribution is 6.29. The van der Waals surface area contributed by atoms with Crippen molar-refractivity contribution < 1.29 is 4.79 Å². The molecule has 1 aliphatic rings. The van der Waals surface area contributed by atoms with Crippen molar-refractivity contribution in [3.63, 3.8) is 0 Å². The monoisotopic (exact) mass is 284 g/mol. The second-order valence-corrected chi connectivity index (χ2v) is 5.69. The van der Waals surface area contributed by atoms with Crippen LogP contribution in [0.2, 0.25) is 5.15 Å². The average Bonchev–Trinajstić information content (AvgIpc) is 2.55. The molecule has 106 valence electrons. The largest absolute Gasteiger partial charge is 0.370 e. The van der Waals surface area contributed by atoms with E-state index in [2.05, 4.69) is 9.88 Å². The van der Waals surface area contributed by atoms with E-state index in [9.17, 15) is 4.79 Å². The van der Waals surface area contributed by atoms with Gasteiger partial charge in [0.05, 0.1) is 12.7 Å². The lowest BCUT2D eigenvalue weighted by molar-refractivity contribution is -0.119. The summed E-state index contributed by atoms with van der Waals surface area (Å²) in [6.07, 6.45) is 5.42. The molecule has 19 heavy (non-hydrogen) atoms. The third kappa shape index (κ3) is 3.94. The lowest BCUT2D eigenvalue weighted by Gasteiger charge is -2.19. The van der Waals surface area contributed by atoms with Crippen molar-refractivity contribution in [2.75, 3.05) is 13.1 Å². The van der Waals surface area contributed by atoms with Crippen LogP contribution in [0.15, 0.2) is 6.20 Å². The first-order chi connectivity index (χ1) is 9.06. The van der Waals surface area contributed by atoms with E-state index < -0.39 is 0 Å². The van der Waals surface area contributed by atoms with Gasteiger partial charge in [-0.2, -0.15) is 0 Å². The number of aromatic nitrogens is 2. The number of rotatable bonds is 4. The Morgan fingerprint density at radius 1 is 1.53 bits per heavy atom. The van der Waals surface area contributed by atoms with Crippen molar-refractivity contribution in [2.24, 2.45) is 18.7 Å². The summed E-state index contributed by atoms with van der Waals surface area (Å²) in [5, 5.41) is 0.663. The Labute approximate surface area is 118 Å². The van der Waals surface area contributed by atoms with Crippen molar-refractivity contribution >= 4 is 17.5 Å². The highest BCUT2D eigenvalue weighted by Crippen LogP contribution is 2.21. The van der Waals surface area contributed by atoms with Crippen LogP contribution in [-0.2, 0) is 18.4 Å². The number of hydrogen-bond donors (Lipinski definition) is 1. The second-order valence-electron chi connectivity index (χ2n) is 5.30. The quantitative estimate of drug-likeness (QED) is 0.912. The predicted octanol–water partition coefficient (Wildman–Crippen LogP) is 1.55. The van der Waals surface area contributed by atoms with Gasteiger partial charge in [0, 0.05) is 13.5 Å². The molecule has 2 N–H and O–H groups in total. The number of amides is 1. The normalized spacial score (nSPS) is 21.3. The van der Waals surface area contributed by atoms with Crippen LogP contribution < -0.4 is 5.73 Å². The van der Waals surface area contributed by atoms with Gasteiger partial charge in [-0.15, -0.1) is 0 Å². The average molecular weight is 285 g/mol. The van der Waals surface area contributed by atoms with Crippen LogP contribution in [0.1, 0.15) is 31.5 Å². The van der Waals surface area contributed by atoms with Gasteiger partial charge < -0.3 is 10.3 Å². The Balaban J connectivity index is 1.89. The Morgan fingerprint density at radius 2 is 2.32 bits per heavy atom. The Bertz CT molecular complexity index is 446. The van der Waals surface area contributed by atoms with Gasteiger partial charge >= 0.3 is 0 Å². The van der Waals surface area contributed by atoms with Gasteiger partial charge in [-0.1, -0.05) is 11.6 Å². The van der Waals surface area contributed by atoms with Crippen molar-refractivity contribution in [1.29, 1.82) is 0 Å². The lowest BCUT2D eigenvalue weighted by atomic mass is 9.97. The summed E-state index contributed by atoms with van der Waals surface area (Å²) < 4.78 is 1.91. The first kappa shape index (κ1) is 14.3. The summed E-state index contributed by atoms with van der Waals surface area (Å²) in [6, 6.07) is 0. The fourth-order valence-corrected chi connectivity index (χ4v) is 2.79. The van der Waals surface area contributed by atoms with Crippen LogP contribution in [0, 0.1) is 5.92 Å². The van der Waals surface area contributed by atoms with E-state index in [1.54, 1.807) is 6.20 Å². The molecule has 1 aromatic rings. The van der Waals surface area contributed by atoms with Crippen molar-refractivity contribution in [2.45, 2.75) is 32.2 Å². The van der Waals surface area contributed by atoms with E-state index >= 15 is 0 Å². The predicted molar refractivity (Wildman–Crippen MR) is 74.6 cm³/mol. The Kier molecular flexibility index (Phi) is 4.82. The first-order valence-corrected chi connectivity index (χ1v) is 7.11. The summed E-state index contributed by atoms with van der Waals surface area (Å²) in [5.41, 5.74) is 5.27. The van der Waals surface area contributed by atoms with Gasteiger partial charge in [0.2, 0.25) is 5.91 Å². The molecule has 1 aliphatic heterocycles. The molecular formula is C13H21ClN4O. The topological polar surface area (TPSA) is 64.2 Å². The first-order valence-electron chi connectivity index (χ1n) is 6.73. The standard InChI is InChI=1S/C13H21ClN4O/c1-17-11(14)8-16-13(17)9-18-5-2-3-10(4-6-18)7-12(15)19/h8,10H,2-7,9H2,1H3,(H2,15,19). The third-order valence-corrected chi connectivity index (χ3v) is 4.17. The number of primary amides is 1. The summed E-state index contributed by atoms with van der Waals surface area (Å²) in [5.74, 6) is 1.24. The Hall–Kier alpha value is -1.07. The van der Waals surface area contributed by atoms with Crippen molar-refractivity contribution in [3.05, 3.63) is 17.2 Å². The zero-order chi connectivity index (χ0) is 13.8. The van der Waals surface area contributed by atoms with Crippen molar-refractivity contribution in [1.82, 2.24) is 14.5 Å². The number of nitrogens with zero attached hydrogens (tertiary/aromatic N) is 3. The SMILES string of the molecule is Cn1c(Cl)cnc1CN1CCCC(CC(N)=O)CC1. The summed E-state index contributed by atoms with van der Waals surface area (Å²) in [4.78, 5) is 17.7. The van der Waals surface area contributed by atoms with Gasteiger partial charge in [0.25, 0.3) is 0 Å². The summed E-state index contributed by atoms with van der Waals surface area (Å²) in [7, 11) is 1.93. The molecule has 5 nitrogen and oxygen atoms in total. The molecular weight excluding hydrogens is 264 g/mol. The third-order valence-electron chi connectivity index (χ3n) is 3.82. The Morgan fingerprint density at radius 3 is 2.95 bits per heavy atom. The number of hydrogen-bond acceptors (Lipinski definition) is 3. The molecule has 0 bridgehead atoms. The van der Waals surface area contributed by atoms with Crippen LogP contribution in [0.5, 0.6) is 0 Å². The molecule has 0 saturated carbocycles. The maximum Gasteiger partial charge on any atom is 0.217 e. The molecule has 6 heteroatoms. The minimum Gasteiger partial charge on any atom is -0.370 e. The minimum absolute atomic E-state index is 0.186. The molecule has 1 unspecified atom stereocenters. The highest BCUT2D eigenvalue weighted by Gasteiger charge is 2.19. The van der Waals surface area contributed by atoms with Crippen LogP contribution in [0.4, 0.5) is 0 Å². The molecule has 1 saturated heterocycles.